The van der Waals surface area contributed by atoms with Crippen molar-refractivity contribution in [2.45, 2.75) is 45.6 Å². The van der Waals surface area contributed by atoms with Gasteiger partial charge in [0, 0.05) is 12.7 Å². The van der Waals surface area contributed by atoms with E-state index in [0.717, 1.165) is 31.3 Å². The molecule has 2 unspecified atom stereocenters. The molecule has 0 radical (unpaired) electrons. The second-order valence-electron chi connectivity index (χ2n) is 5.36. The normalized spacial score (nSPS) is 25.0. The Labute approximate surface area is 104 Å². The van der Waals surface area contributed by atoms with Crippen molar-refractivity contribution in [1.82, 2.24) is 20.3 Å². The van der Waals surface area contributed by atoms with E-state index in [0.29, 0.717) is 0 Å². The molecule has 1 N–H and O–H groups in total. The van der Waals surface area contributed by atoms with Gasteiger partial charge < -0.3 is 5.32 Å². The lowest BCUT2D eigenvalue weighted by Crippen LogP contribution is -2.27. The predicted octanol–water partition coefficient (Wildman–Crippen LogP) is 2.08. The molecule has 2 atom stereocenters. The first-order valence-corrected chi connectivity index (χ1v) is 6.89. The lowest BCUT2D eigenvalue weighted by Gasteiger charge is -2.26. The number of aryl methyl sites for hydroxylation is 1. The van der Waals surface area contributed by atoms with E-state index in [1.807, 2.05) is 10.9 Å². The molecule has 1 aromatic heterocycles. The van der Waals surface area contributed by atoms with Crippen LogP contribution >= 0.6 is 0 Å². The molecule has 0 spiro atoms. The highest BCUT2D eigenvalue weighted by molar-refractivity contribution is 4.72. The van der Waals surface area contributed by atoms with Crippen molar-refractivity contribution in [3.05, 3.63) is 12.4 Å². The molecule has 96 valence electrons. The predicted molar refractivity (Wildman–Crippen MR) is 68.6 cm³/mol. The Morgan fingerprint density at radius 3 is 3.12 bits per heavy atom. The molecule has 0 amide bonds. The van der Waals surface area contributed by atoms with Crippen molar-refractivity contribution in [1.29, 1.82) is 0 Å². The van der Waals surface area contributed by atoms with Gasteiger partial charge in [-0.15, -0.1) is 5.10 Å². The van der Waals surface area contributed by atoms with Crippen LogP contribution in [0.5, 0.6) is 0 Å². The molecule has 4 heteroatoms. The fraction of sp³-hybridized carbons (Fsp3) is 0.846. The quantitative estimate of drug-likeness (QED) is 0.769. The van der Waals surface area contributed by atoms with Crippen LogP contribution in [0.25, 0.3) is 0 Å². The van der Waals surface area contributed by atoms with E-state index in [9.17, 15) is 0 Å². The minimum Gasteiger partial charge on any atom is -0.316 e. The van der Waals surface area contributed by atoms with Crippen LogP contribution in [0.4, 0.5) is 0 Å². The number of hydrogen-bond donors (Lipinski definition) is 1. The van der Waals surface area contributed by atoms with Gasteiger partial charge >= 0.3 is 0 Å². The number of rotatable bonds is 6. The van der Waals surface area contributed by atoms with Crippen molar-refractivity contribution in [3.63, 3.8) is 0 Å². The Kier molecular flexibility index (Phi) is 4.98. The number of nitrogens with zero attached hydrogens (tertiary/aromatic N) is 3. The van der Waals surface area contributed by atoms with Crippen LogP contribution in [0.3, 0.4) is 0 Å². The summed E-state index contributed by atoms with van der Waals surface area (Å²) in [6.07, 6.45) is 10.5. The third-order valence-corrected chi connectivity index (χ3v) is 3.69. The highest BCUT2D eigenvalue weighted by Gasteiger charge is 2.17. The van der Waals surface area contributed by atoms with Gasteiger partial charge in [-0.25, -0.2) is 0 Å². The maximum absolute atomic E-state index is 3.95. The summed E-state index contributed by atoms with van der Waals surface area (Å²) in [5.74, 6) is 1.84. The van der Waals surface area contributed by atoms with Crippen molar-refractivity contribution in [3.8, 4) is 0 Å². The smallest absolute Gasteiger partial charge is 0.0692 e. The molecule has 0 bridgehead atoms. The minimum absolute atomic E-state index is 0.908. The topological polar surface area (TPSA) is 42.7 Å². The molecule has 4 nitrogen and oxygen atoms in total. The summed E-state index contributed by atoms with van der Waals surface area (Å²) in [7, 11) is 0. The van der Waals surface area contributed by atoms with E-state index in [4.69, 9.17) is 0 Å². The van der Waals surface area contributed by atoms with Crippen LogP contribution in [0, 0.1) is 11.8 Å². The molecule has 1 saturated carbocycles. The average Bonchev–Trinajstić information content (AvgIpc) is 2.82. The van der Waals surface area contributed by atoms with Gasteiger partial charge in [0.25, 0.3) is 0 Å². The molecule has 17 heavy (non-hydrogen) atoms. The SMILES string of the molecule is CC1CCCC(CNCCCn2ccnn2)C1. The number of nitrogens with one attached hydrogen (secondary N) is 1. The third-order valence-electron chi connectivity index (χ3n) is 3.69. The first kappa shape index (κ1) is 12.6. The average molecular weight is 236 g/mol. The maximum atomic E-state index is 3.95. The molecule has 1 heterocycles. The molecule has 0 aromatic carbocycles. The zero-order valence-electron chi connectivity index (χ0n) is 10.8. The van der Waals surface area contributed by atoms with Gasteiger partial charge in [-0.1, -0.05) is 25.0 Å². The highest BCUT2D eigenvalue weighted by atomic mass is 15.4. The first-order valence-electron chi connectivity index (χ1n) is 6.89. The lowest BCUT2D eigenvalue weighted by molar-refractivity contribution is 0.274. The van der Waals surface area contributed by atoms with Crippen LogP contribution in [-0.4, -0.2) is 28.1 Å². The van der Waals surface area contributed by atoms with Gasteiger partial charge in [-0.05, 0) is 44.2 Å². The fourth-order valence-electron chi connectivity index (χ4n) is 2.77. The first-order chi connectivity index (χ1) is 8.34. The van der Waals surface area contributed by atoms with Crippen LogP contribution in [0.15, 0.2) is 12.4 Å². The lowest BCUT2D eigenvalue weighted by atomic mass is 9.82. The maximum Gasteiger partial charge on any atom is 0.0692 e. The third kappa shape index (κ3) is 4.46. The number of hydrogen-bond acceptors (Lipinski definition) is 3. The molecule has 0 saturated heterocycles. The Morgan fingerprint density at radius 1 is 1.41 bits per heavy atom. The highest BCUT2D eigenvalue weighted by Crippen LogP contribution is 2.27. The van der Waals surface area contributed by atoms with Crippen molar-refractivity contribution >= 4 is 0 Å². The van der Waals surface area contributed by atoms with Gasteiger partial charge in [0.05, 0.1) is 6.20 Å². The molecule has 0 aliphatic heterocycles. The van der Waals surface area contributed by atoms with Crippen molar-refractivity contribution in [2.24, 2.45) is 11.8 Å². The molecule has 1 aliphatic carbocycles. The zero-order chi connectivity index (χ0) is 11.9. The Balaban J connectivity index is 1.51. The van der Waals surface area contributed by atoms with E-state index in [1.165, 1.54) is 32.2 Å². The van der Waals surface area contributed by atoms with Gasteiger partial charge in [0.2, 0.25) is 0 Å². The molecule has 1 aromatic rings. The summed E-state index contributed by atoms with van der Waals surface area (Å²) in [6.45, 7) is 5.64. The van der Waals surface area contributed by atoms with Gasteiger partial charge in [0.15, 0.2) is 0 Å². The summed E-state index contributed by atoms with van der Waals surface area (Å²) in [6, 6.07) is 0. The summed E-state index contributed by atoms with van der Waals surface area (Å²) >= 11 is 0. The molecule has 1 fully saturated rings. The van der Waals surface area contributed by atoms with Crippen LogP contribution in [0.1, 0.15) is 39.0 Å². The second kappa shape index (κ2) is 6.74. The van der Waals surface area contributed by atoms with Crippen molar-refractivity contribution in [2.75, 3.05) is 13.1 Å². The largest absolute Gasteiger partial charge is 0.316 e. The van der Waals surface area contributed by atoms with Crippen molar-refractivity contribution < 1.29 is 0 Å². The summed E-state index contributed by atoms with van der Waals surface area (Å²) in [5, 5.41) is 11.3. The summed E-state index contributed by atoms with van der Waals surface area (Å²) < 4.78 is 1.89. The Morgan fingerprint density at radius 2 is 2.35 bits per heavy atom. The summed E-state index contributed by atoms with van der Waals surface area (Å²) in [5.41, 5.74) is 0. The molecule has 2 rings (SSSR count). The summed E-state index contributed by atoms with van der Waals surface area (Å²) in [4.78, 5) is 0. The molecular formula is C13H24N4. The van der Waals surface area contributed by atoms with Gasteiger partial charge in [-0.3, -0.25) is 4.68 Å². The molecule has 1 aliphatic rings. The zero-order valence-corrected chi connectivity index (χ0v) is 10.8. The number of aromatic nitrogens is 3. The van der Waals surface area contributed by atoms with E-state index < -0.39 is 0 Å². The Bertz CT molecular complexity index is 296. The standard InChI is InChI=1S/C13H24N4/c1-12-4-2-5-13(10-12)11-14-6-3-8-17-9-7-15-16-17/h7,9,12-14H,2-6,8,10-11H2,1H3. The van der Waals surface area contributed by atoms with Gasteiger partial charge in [-0.2, -0.15) is 0 Å². The van der Waals surface area contributed by atoms with Gasteiger partial charge in [0.1, 0.15) is 0 Å². The Hall–Kier alpha value is -0.900. The fourth-order valence-corrected chi connectivity index (χ4v) is 2.77. The van der Waals surface area contributed by atoms with E-state index in [1.54, 1.807) is 6.20 Å². The van der Waals surface area contributed by atoms with E-state index >= 15 is 0 Å². The second-order valence-corrected chi connectivity index (χ2v) is 5.36. The van der Waals surface area contributed by atoms with E-state index in [2.05, 4.69) is 22.6 Å². The molecular weight excluding hydrogens is 212 g/mol. The van der Waals surface area contributed by atoms with Crippen LogP contribution < -0.4 is 5.32 Å². The van der Waals surface area contributed by atoms with Crippen LogP contribution in [0.2, 0.25) is 0 Å². The minimum atomic E-state index is 0.908. The van der Waals surface area contributed by atoms with Crippen LogP contribution in [-0.2, 0) is 6.54 Å². The van der Waals surface area contributed by atoms with E-state index in [-0.39, 0.29) is 0 Å². The monoisotopic (exact) mass is 236 g/mol.